The van der Waals surface area contributed by atoms with Crippen molar-refractivity contribution in [3.05, 3.63) is 48.4 Å². The van der Waals surface area contributed by atoms with Crippen molar-refractivity contribution in [3.63, 3.8) is 0 Å². The highest BCUT2D eigenvalue weighted by atomic mass is 15.4. The van der Waals surface area contributed by atoms with Crippen molar-refractivity contribution in [2.75, 3.05) is 11.9 Å². The molecule has 6 nitrogen and oxygen atoms in total. The number of hydrogen-bond acceptors (Lipinski definition) is 5. The summed E-state index contributed by atoms with van der Waals surface area (Å²) in [4.78, 5) is 8.86. The molecule has 0 fully saturated rings. The summed E-state index contributed by atoms with van der Waals surface area (Å²) in [7, 11) is 0. The minimum atomic E-state index is 0.712. The number of nitrogens with zero attached hydrogens (tertiary/aromatic N) is 5. The summed E-state index contributed by atoms with van der Waals surface area (Å²) in [6.07, 6.45) is 1.71. The second kappa shape index (κ2) is 5.70. The van der Waals surface area contributed by atoms with Crippen molar-refractivity contribution in [3.8, 4) is 17.1 Å². The third kappa shape index (κ3) is 2.74. The molecular formula is C15H16N6. The van der Waals surface area contributed by atoms with Crippen LogP contribution in [0.4, 0.5) is 5.82 Å². The second-order valence-electron chi connectivity index (χ2n) is 4.58. The Bertz CT molecular complexity index is 735. The van der Waals surface area contributed by atoms with Crippen LogP contribution in [0, 0.1) is 6.92 Å². The predicted molar refractivity (Wildman–Crippen MR) is 81.3 cm³/mol. The van der Waals surface area contributed by atoms with Crippen molar-refractivity contribution in [1.82, 2.24) is 25.0 Å². The Morgan fingerprint density at radius 3 is 2.71 bits per heavy atom. The molecule has 2 aromatic heterocycles. The smallest absolute Gasteiger partial charge is 0.130 e. The highest BCUT2D eigenvalue weighted by Crippen LogP contribution is 2.21. The molecule has 0 bridgehead atoms. The molecule has 0 amide bonds. The summed E-state index contributed by atoms with van der Waals surface area (Å²) in [5, 5.41) is 11.4. The van der Waals surface area contributed by atoms with Crippen molar-refractivity contribution in [1.29, 1.82) is 0 Å². The number of benzene rings is 1. The van der Waals surface area contributed by atoms with Crippen LogP contribution < -0.4 is 5.32 Å². The second-order valence-corrected chi connectivity index (χ2v) is 4.58. The molecule has 0 aliphatic heterocycles. The predicted octanol–water partition coefficient (Wildman–Crippen LogP) is 2.46. The fourth-order valence-electron chi connectivity index (χ4n) is 2.14. The lowest BCUT2D eigenvalue weighted by atomic mass is 10.2. The van der Waals surface area contributed by atoms with Crippen molar-refractivity contribution in [2.45, 2.75) is 13.8 Å². The number of nitrogens with one attached hydrogen (secondary N) is 1. The van der Waals surface area contributed by atoms with Gasteiger partial charge in [0, 0.05) is 12.6 Å². The van der Waals surface area contributed by atoms with Gasteiger partial charge in [-0.15, -0.1) is 5.10 Å². The van der Waals surface area contributed by atoms with Gasteiger partial charge in [0.05, 0.1) is 17.6 Å². The summed E-state index contributed by atoms with van der Waals surface area (Å²) in [5.41, 5.74) is 2.59. The van der Waals surface area contributed by atoms with Crippen LogP contribution in [0.1, 0.15) is 12.7 Å². The van der Waals surface area contributed by atoms with E-state index in [0.29, 0.717) is 5.82 Å². The van der Waals surface area contributed by atoms with Gasteiger partial charge in [-0.05, 0) is 26.0 Å². The van der Waals surface area contributed by atoms with Crippen LogP contribution >= 0.6 is 0 Å². The third-order valence-corrected chi connectivity index (χ3v) is 3.01. The van der Waals surface area contributed by atoms with Gasteiger partial charge in [-0.1, -0.05) is 23.4 Å². The van der Waals surface area contributed by atoms with E-state index in [-0.39, 0.29) is 0 Å². The number of aryl methyl sites for hydroxylation is 1. The first-order chi connectivity index (χ1) is 10.3. The highest BCUT2D eigenvalue weighted by molar-refractivity contribution is 5.60. The van der Waals surface area contributed by atoms with Gasteiger partial charge < -0.3 is 5.32 Å². The molecule has 0 saturated heterocycles. The molecule has 2 heterocycles. The van der Waals surface area contributed by atoms with E-state index in [0.717, 1.165) is 29.4 Å². The van der Waals surface area contributed by atoms with Gasteiger partial charge in [0.2, 0.25) is 0 Å². The zero-order chi connectivity index (χ0) is 14.7. The van der Waals surface area contributed by atoms with Gasteiger partial charge in [-0.3, -0.25) is 0 Å². The molecule has 0 aliphatic carbocycles. The van der Waals surface area contributed by atoms with E-state index < -0.39 is 0 Å². The molecular weight excluding hydrogens is 264 g/mol. The van der Waals surface area contributed by atoms with E-state index in [2.05, 4.69) is 25.6 Å². The number of para-hydroxylation sites is 1. The Morgan fingerprint density at radius 2 is 1.95 bits per heavy atom. The standard InChI is InChI=1S/C15H16N6/c1-3-16-15-9-13(18-11(2)19-15)14-10-17-20-21(14)12-7-5-4-6-8-12/h4-10H,3H2,1-2H3,(H,16,18,19). The van der Waals surface area contributed by atoms with Crippen LogP contribution in [-0.2, 0) is 0 Å². The highest BCUT2D eigenvalue weighted by Gasteiger charge is 2.11. The Balaban J connectivity index is 2.08. The molecule has 0 atom stereocenters. The fourth-order valence-corrected chi connectivity index (χ4v) is 2.14. The van der Waals surface area contributed by atoms with Crippen LogP contribution in [0.3, 0.4) is 0 Å². The first-order valence-electron chi connectivity index (χ1n) is 6.84. The lowest BCUT2D eigenvalue weighted by molar-refractivity contribution is 0.805. The molecule has 0 saturated carbocycles. The summed E-state index contributed by atoms with van der Waals surface area (Å²) in [6, 6.07) is 11.8. The average Bonchev–Trinajstić information content (AvgIpc) is 2.97. The first kappa shape index (κ1) is 13.2. The maximum Gasteiger partial charge on any atom is 0.130 e. The molecule has 0 spiro atoms. The lowest BCUT2D eigenvalue weighted by Crippen LogP contribution is -2.05. The van der Waals surface area contributed by atoms with E-state index in [1.165, 1.54) is 0 Å². The maximum absolute atomic E-state index is 4.49. The molecule has 6 heteroatoms. The molecule has 1 N–H and O–H groups in total. The van der Waals surface area contributed by atoms with Crippen LogP contribution in [0.5, 0.6) is 0 Å². The normalized spacial score (nSPS) is 10.6. The number of aromatic nitrogens is 5. The molecule has 3 rings (SSSR count). The molecule has 0 unspecified atom stereocenters. The van der Waals surface area contributed by atoms with Gasteiger partial charge in [-0.25, -0.2) is 14.6 Å². The van der Waals surface area contributed by atoms with Gasteiger partial charge in [0.1, 0.15) is 17.3 Å². The Hall–Kier alpha value is -2.76. The van der Waals surface area contributed by atoms with Crippen molar-refractivity contribution in [2.24, 2.45) is 0 Å². The Kier molecular flexibility index (Phi) is 3.59. The SMILES string of the molecule is CCNc1cc(-c2cnnn2-c2ccccc2)nc(C)n1. The quantitative estimate of drug-likeness (QED) is 0.795. The topological polar surface area (TPSA) is 68.5 Å². The lowest BCUT2D eigenvalue weighted by Gasteiger charge is -2.08. The summed E-state index contributed by atoms with van der Waals surface area (Å²) in [6.45, 7) is 4.72. The molecule has 1 aromatic carbocycles. The summed E-state index contributed by atoms with van der Waals surface area (Å²) in [5.74, 6) is 1.52. The molecule has 0 aliphatic rings. The average molecular weight is 280 g/mol. The maximum atomic E-state index is 4.49. The summed E-state index contributed by atoms with van der Waals surface area (Å²) >= 11 is 0. The largest absolute Gasteiger partial charge is 0.370 e. The monoisotopic (exact) mass is 280 g/mol. The zero-order valence-electron chi connectivity index (χ0n) is 12.0. The molecule has 3 aromatic rings. The van der Waals surface area contributed by atoms with Crippen LogP contribution in [0.2, 0.25) is 0 Å². The first-order valence-corrected chi connectivity index (χ1v) is 6.84. The van der Waals surface area contributed by atoms with E-state index in [4.69, 9.17) is 0 Å². The number of rotatable bonds is 4. The van der Waals surface area contributed by atoms with E-state index >= 15 is 0 Å². The van der Waals surface area contributed by atoms with Crippen LogP contribution in [-0.4, -0.2) is 31.5 Å². The van der Waals surface area contributed by atoms with Crippen LogP contribution in [0.15, 0.2) is 42.6 Å². The minimum absolute atomic E-state index is 0.712. The van der Waals surface area contributed by atoms with Crippen LogP contribution in [0.25, 0.3) is 17.1 Å². The minimum Gasteiger partial charge on any atom is -0.370 e. The molecule has 106 valence electrons. The molecule has 21 heavy (non-hydrogen) atoms. The van der Waals surface area contributed by atoms with E-state index in [1.54, 1.807) is 10.9 Å². The van der Waals surface area contributed by atoms with Gasteiger partial charge in [-0.2, -0.15) is 0 Å². The van der Waals surface area contributed by atoms with Crippen molar-refractivity contribution < 1.29 is 0 Å². The van der Waals surface area contributed by atoms with Crippen molar-refractivity contribution >= 4 is 5.82 Å². The van der Waals surface area contributed by atoms with Gasteiger partial charge in [0.15, 0.2) is 0 Å². The van der Waals surface area contributed by atoms with Gasteiger partial charge >= 0.3 is 0 Å². The number of hydrogen-bond donors (Lipinski definition) is 1. The van der Waals surface area contributed by atoms with E-state index in [9.17, 15) is 0 Å². The zero-order valence-corrected chi connectivity index (χ0v) is 12.0. The van der Waals surface area contributed by atoms with E-state index in [1.807, 2.05) is 50.2 Å². The third-order valence-electron chi connectivity index (χ3n) is 3.01. The fraction of sp³-hybridized carbons (Fsp3) is 0.200. The Morgan fingerprint density at radius 1 is 1.14 bits per heavy atom. The molecule has 0 radical (unpaired) electrons. The number of anilines is 1. The Labute approximate surface area is 122 Å². The van der Waals surface area contributed by atoms with Gasteiger partial charge in [0.25, 0.3) is 0 Å². The summed E-state index contributed by atoms with van der Waals surface area (Å²) < 4.78 is 1.78.